The summed E-state index contributed by atoms with van der Waals surface area (Å²) >= 11 is 0. The van der Waals surface area contributed by atoms with Crippen LogP contribution in [0.4, 0.5) is 11.5 Å². The number of amides is 1. The molecule has 1 aromatic heterocycles. The summed E-state index contributed by atoms with van der Waals surface area (Å²) in [5.74, 6) is 0.739. The van der Waals surface area contributed by atoms with Crippen molar-refractivity contribution in [1.82, 2.24) is 4.98 Å². The number of anilines is 2. The standard InChI is InChI=1S/C14H15N3O2/c1-9-3-5-12(19-2)11(7-9)17-14(18)10-4-6-13(15)16-8-10/h3-8H,1-2H3,(H2,15,16)(H,17,18). The molecule has 1 heterocycles. The van der Waals surface area contributed by atoms with Crippen LogP contribution in [0.5, 0.6) is 5.75 Å². The Kier molecular flexibility index (Phi) is 3.66. The molecule has 0 fully saturated rings. The Bertz CT molecular complexity index is 594. The molecular formula is C14H15N3O2. The summed E-state index contributed by atoms with van der Waals surface area (Å²) in [6.07, 6.45) is 1.44. The van der Waals surface area contributed by atoms with Gasteiger partial charge in [0, 0.05) is 6.20 Å². The molecule has 19 heavy (non-hydrogen) atoms. The first-order valence-electron chi connectivity index (χ1n) is 5.77. The maximum atomic E-state index is 12.1. The molecule has 0 saturated carbocycles. The number of nitrogens with zero attached hydrogens (tertiary/aromatic N) is 1. The minimum Gasteiger partial charge on any atom is -0.495 e. The van der Waals surface area contributed by atoms with E-state index in [0.29, 0.717) is 22.8 Å². The Balaban J connectivity index is 2.23. The first-order valence-corrected chi connectivity index (χ1v) is 5.77. The molecule has 1 amide bonds. The SMILES string of the molecule is COc1ccc(C)cc1NC(=O)c1ccc(N)nc1. The van der Waals surface area contributed by atoms with Crippen LogP contribution in [0.3, 0.4) is 0 Å². The van der Waals surface area contributed by atoms with E-state index in [4.69, 9.17) is 10.5 Å². The fraction of sp³-hybridized carbons (Fsp3) is 0.143. The largest absolute Gasteiger partial charge is 0.495 e. The van der Waals surface area contributed by atoms with E-state index in [1.54, 1.807) is 19.2 Å². The number of rotatable bonds is 3. The van der Waals surface area contributed by atoms with Crippen LogP contribution < -0.4 is 15.8 Å². The molecule has 2 aromatic rings. The number of hydrogen-bond acceptors (Lipinski definition) is 4. The third-order valence-corrected chi connectivity index (χ3v) is 2.65. The molecule has 5 nitrogen and oxygen atoms in total. The smallest absolute Gasteiger partial charge is 0.257 e. The van der Waals surface area contributed by atoms with Crippen LogP contribution in [-0.2, 0) is 0 Å². The molecule has 0 aliphatic carbocycles. The average molecular weight is 257 g/mol. The number of nitrogens with two attached hydrogens (primary N) is 1. The highest BCUT2D eigenvalue weighted by Crippen LogP contribution is 2.25. The van der Waals surface area contributed by atoms with Gasteiger partial charge in [0.15, 0.2) is 0 Å². The van der Waals surface area contributed by atoms with Crippen LogP contribution in [0.15, 0.2) is 36.5 Å². The van der Waals surface area contributed by atoms with Crippen LogP contribution in [0.2, 0.25) is 0 Å². The first kappa shape index (κ1) is 12.9. The molecule has 0 radical (unpaired) electrons. The molecule has 0 aliphatic rings. The van der Waals surface area contributed by atoms with Gasteiger partial charge in [-0.15, -0.1) is 0 Å². The van der Waals surface area contributed by atoms with Gasteiger partial charge in [0.2, 0.25) is 0 Å². The molecule has 98 valence electrons. The molecule has 2 rings (SSSR count). The molecular weight excluding hydrogens is 242 g/mol. The highest BCUT2D eigenvalue weighted by molar-refractivity contribution is 6.04. The minimum absolute atomic E-state index is 0.253. The van der Waals surface area contributed by atoms with Gasteiger partial charge in [0.25, 0.3) is 5.91 Å². The number of methoxy groups -OCH3 is 1. The summed E-state index contributed by atoms with van der Waals surface area (Å²) in [6.45, 7) is 1.94. The molecule has 0 bridgehead atoms. The van der Waals surface area contributed by atoms with Crippen LogP contribution >= 0.6 is 0 Å². The summed E-state index contributed by atoms with van der Waals surface area (Å²) in [6, 6.07) is 8.79. The van der Waals surface area contributed by atoms with Crippen LogP contribution in [-0.4, -0.2) is 18.0 Å². The van der Waals surface area contributed by atoms with Crippen molar-refractivity contribution >= 4 is 17.4 Å². The van der Waals surface area contributed by atoms with Gasteiger partial charge in [-0.1, -0.05) is 6.07 Å². The number of benzene rings is 1. The van der Waals surface area contributed by atoms with Crippen molar-refractivity contribution in [2.75, 3.05) is 18.2 Å². The van der Waals surface area contributed by atoms with E-state index in [2.05, 4.69) is 10.3 Å². The van der Waals surface area contributed by atoms with Crippen molar-refractivity contribution in [3.63, 3.8) is 0 Å². The predicted molar refractivity (Wildman–Crippen MR) is 74.3 cm³/mol. The van der Waals surface area contributed by atoms with E-state index in [9.17, 15) is 4.79 Å². The van der Waals surface area contributed by atoms with Gasteiger partial charge in [0.05, 0.1) is 18.4 Å². The Morgan fingerprint density at radius 2 is 2.11 bits per heavy atom. The molecule has 0 aliphatic heterocycles. The van der Waals surface area contributed by atoms with Crippen molar-refractivity contribution in [3.8, 4) is 5.75 Å². The molecule has 0 atom stereocenters. The Hall–Kier alpha value is -2.56. The second-order valence-corrected chi connectivity index (χ2v) is 4.13. The zero-order valence-corrected chi connectivity index (χ0v) is 10.8. The van der Waals surface area contributed by atoms with Gasteiger partial charge < -0.3 is 15.8 Å². The molecule has 5 heteroatoms. The second kappa shape index (κ2) is 5.39. The Labute approximate surface area is 111 Å². The summed E-state index contributed by atoms with van der Waals surface area (Å²) in [5.41, 5.74) is 7.59. The van der Waals surface area contributed by atoms with E-state index in [1.165, 1.54) is 6.20 Å². The van der Waals surface area contributed by atoms with Crippen LogP contribution in [0, 0.1) is 6.92 Å². The quantitative estimate of drug-likeness (QED) is 0.884. The number of ether oxygens (including phenoxy) is 1. The number of nitrogen functional groups attached to an aromatic ring is 1. The lowest BCUT2D eigenvalue weighted by atomic mass is 10.2. The van der Waals surface area contributed by atoms with Gasteiger partial charge in [0.1, 0.15) is 11.6 Å². The van der Waals surface area contributed by atoms with Crippen LogP contribution in [0.1, 0.15) is 15.9 Å². The fourth-order valence-corrected chi connectivity index (χ4v) is 1.65. The number of hydrogen-bond donors (Lipinski definition) is 2. The van der Waals surface area contributed by atoms with Crippen LogP contribution in [0.25, 0.3) is 0 Å². The lowest BCUT2D eigenvalue weighted by molar-refractivity contribution is 0.102. The van der Waals surface area contributed by atoms with Crippen molar-refractivity contribution in [2.45, 2.75) is 6.92 Å². The Morgan fingerprint density at radius 1 is 1.32 bits per heavy atom. The highest BCUT2D eigenvalue weighted by Gasteiger charge is 2.10. The summed E-state index contributed by atoms with van der Waals surface area (Å²) in [4.78, 5) is 15.9. The summed E-state index contributed by atoms with van der Waals surface area (Å²) in [7, 11) is 1.56. The fourth-order valence-electron chi connectivity index (χ4n) is 1.65. The normalized spacial score (nSPS) is 10.0. The van der Waals surface area contributed by atoms with Gasteiger partial charge in [-0.3, -0.25) is 4.79 Å². The second-order valence-electron chi connectivity index (χ2n) is 4.13. The number of aryl methyl sites for hydroxylation is 1. The molecule has 0 saturated heterocycles. The summed E-state index contributed by atoms with van der Waals surface area (Å²) in [5, 5.41) is 2.79. The number of pyridine rings is 1. The summed E-state index contributed by atoms with van der Waals surface area (Å²) < 4.78 is 5.21. The maximum absolute atomic E-state index is 12.1. The number of aromatic nitrogens is 1. The molecule has 1 aromatic carbocycles. The van der Waals surface area contributed by atoms with E-state index in [1.807, 2.05) is 25.1 Å². The van der Waals surface area contributed by atoms with Gasteiger partial charge in [-0.25, -0.2) is 4.98 Å². The van der Waals surface area contributed by atoms with Gasteiger partial charge in [-0.2, -0.15) is 0 Å². The number of nitrogens with one attached hydrogen (secondary N) is 1. The van der Waals surface area contributed by atoms with Crippen molar-refractivity contribution in [1.29, 1.82) is 0 Å². The van der Waals surface area contributed by atoms with E-state index in [-0.39, 0.29) is 5.91 Å². The molecule has 0 unspecified atom stereocenters. The van der Waals surface area contributed by atoms with Crippen molar-refractivity contribution in [2.24, 2.45) is 0 Å². The van der Waals surface area contributed by atoms with Crippen molar-refractivity contribution in [3.05, 3.63) is 47.7 Å². The minimum atomic E-state index is -0.253. The van der Waals surface area contributed by atoms with Gasteiger partial charge in [-0.05, 0) is 36.8 Å². The van der Waals surface area contributed by atoms with Gasteiger partial charge >= 0.3 is 0 Å². The topological polar surface area (TPSA) is 77.2 Å². The van der Waals surface area contributed by atoms with Crippen molar-refractivity contribution < 1.29 is 9.53 Å². The lowest BCUT2D eigenvalue weighted by Gasteiger charge is -2.11. The zero-order valence-electron chi connectivity index (χ0n) is 10.8. The predicted octanol–water partition coefficient (Wildman–Crippen LogP) is 2.23. The molecule has 3 N–H and O–H groups in total. The van der Waals surface area contributed by atoms with E-state index < -0.39 is 0 Å². The number of carbonyl (C=O) groups excluding carboxylic acids is 1. The van der Waals surface area contributed by atoms with E-state index in [0.717, 1.165) is 5.56 Å². The lowest BCUT2D eigenvalue weighted by Crippen LogP contribution is -2.13. The third kappa shape index (κ3) is 3.01. The third-order valence-electron chi connectivity index (χ3n) is 2.65. The maximum Gasteiger partial charge on any atom is 0.257 e. The average Bonchev–Trinajstić information content (AvgIpc) is 2.39. The monoisotopic (exact) mass is 257 g/mol. The zero-order chi connectivity index (χ0) is 13.8. The highest BCUT2D eigenvalue weighted by atomic mass is 16.5. The molecule has 0 spiro atoms. The first-order chi connectivity index (χ1) is 9.10. The van der Waals surface area contributed by atoms with E-state index >= 15 is 0 Å². The number of carbonyl (C=O) groups is 1. The Morgan fingerprint density at radius 3 is 2.74 bits per heavy atom.